The lowest BCUT2D eigenvalue weighted by Gasteiger charge is -2.25. The molecule has 1 fully saturated rings. The normalized spacial score (nSPS) is 28.6. The molecule has 94 valence electrons. The predicted molar refractivity (Wildman–Crippen MR) is 60.4 cm³/mol. The van der Waals surface area contributed by atoms with Crippen molar-refractivity contribution >= 4 is 0 Å². The van der Waals surface area contributed by atoms with Gasteiger partial charge < -0.3 is 5.32 Å². The number of benzene rings is 1. The standard InChI is InChI=1S/C13H16F3N/c1-13(6-5-8(7-13)17-2)9-3-4-10(14)12(16)11(9)15/h3-4,8,17H,5-7H2,1-2H3. The minimum Gasteiger partial charge on any atom is -0.317 e. The first-order valence-electron chi connectivity index (χ1n) is 5.79. The Hall–Kier alpha value is -1.03. The molecule has 0 heterocycles. The van der Waals surface area contributed by atoms with Gasteiger partial charge in [0, 0.05) is 6.04 Å². The highest BCUT2D eigenvalue weighted by Crippen LogP contribution is 2.42. The average molecular weight is 243 g/mol. The van der Waals surface area contributed by atoms with E-state index in [1.54, 1.807) is 0 Å². The Labute approximate surface area is 99.0 Å². The summed E-state index contributed by atoms with van der Waals surface area (Å²) in [4.78, 5) is 0. The molecule has 17 heavy (non-hydrogen) atoms. The summed E-state index contributed by atoms with van der Waals surface area (Å²) >= 11 is 0. The molecule has 1 nitrogen and oxygen atoms in total. The van der Waals surface area contributed by atoms with E-state index < -0.39 is 22.9 Å². The molecular weight excluding hydrogens is 227 g/mol. The van der Waals surface area contributed by atoms with E-state index in [9.17, 15) is 13.2 Å². The van der Waals surface area contributed by atoms with Crippen molar-refractivity contribution in [3.8, 4) is 0 Å². The van der Waals surface area contributed by atoms with Gasteiger partial charge in [0.2, 0.25) is 0 Å². The zero-order chi connectivity index (χ0) is 12.6. The van der Waals surface area contributed by atoms with E-state index in [1.807, 2.05) is 14.0 Å². The second-order valence-corrected chi connectivity index (χ2v) is 5.01. The van der Waals surface area contributed by atoms with Crippen molar-refractivity contribution in [2.75, 3.05) is 7.05 Å². The quantitative estimate of drug-likeness (QED) is 0.787. The molecule has 1 aromatic carbocycles. The molecule has 2 atom stereocenters. The van der Waals surface area contributed by atoms with Crippen LogP contribution in [0.4, 0.5) is 13.2 Å². The third-order valence-corrected chi connectivity index (χ3v) is 3.84. The summed E-state index contributed by atoms with van der Waals surface area (Å²) in [5.74, 6) is -3.53. The molecule has 0 saturated heterocycles. The Morgan fingerprint density at radius 2 is 1.94 bits per heavy atom. The molecule has 0 amide bonds. The van der Waals surface area contributed by atoms with E-state index in [-0.39, 0.29) is 5.56 Å². The third kappa shape index (κ3) is 2.06. The first-order chi connectivity index (χ1) is 7.98. The maximum Gasteiger partial charge on any atom is 0.194 e. The molecule has 0 radical (unpaired) electrons. The number of rotatable bonds is 2. The highest BCUT2D eigenvalue weighted by molar-refractivity contribution is 5.29. The molecule has 1 aliphatic carbocycles. The summed E-state index contributed by atoms with van der Waals surface area (Å²) in [6, 6.07) is 2.69. The monoisotopic (exact) mass is 243 g/mol. The van der Waals surface area contributed by atoms with Crippen LogP contribution in [0.15, 0.2) is 12.1 Å². The Balaban J connectivity index is 2.38. The van der Waals surface area contributed by atoms with Crippen molar-refractivity contribution in [3.63, 3.8) is 0 Å². The number of nitrogens with one attached hydrogen (secondary N) is 1. The molecule has 2 unspecified atom stereocenters. The Morgan fingerprint density at radius 1 is 1.24 bits per heavy atom. The lowest BCUT2D eigenvalue weighted by atomic mass is 9.80. The first-order valence-corrected chi connectivity index (χ1v) is 5.79. The van der Waals surface area contributed by atoms with E-state index in [1.165, 1.54) is 6.07 Å². The Kier molecular flexibility index (Phi) is 3.17. The Bertz CT molecular complexity index is 433. The van der Waals surface area contributed by atoms with Gasteiger partial charge in [-0.2, -0.15) is 0 Å². The van der Waals surface area contributed by atoms with Crippen LogP contribution in [0, 0.1) is 17.5 Å². The third-order valence-electron chi connectivity index (χ3n) is 3.84. The largest absolute Gasteiger partial charge is 0.317 e. The summed E-state index contributed by atoms with van der Waals surface area (Å²) in [7, 11) is 1.86. The smallest absolute Gasteiger partial charge is 0.194 e. The molecule has 1 aromatic rings. The van der Waals surface area contributed by atoms with E-state index in [2.05, 4.69) is 5.32 Å². The van der Waals surface area contributed by atoms with Gasteiger partial charge in [0.25, 0.3) is 0 Å². The van der Waals surface area contributed by atoms with Crippen LogP contribution in [0.25, 0.3) is 0 Å². The molecule has 1 saturated carbocycles. The maximum absolute atomic E-state index is 13.8. The maximum atomic E-state index is 13.8. The highest BCUT2D eigenvalue weighted by atomic mass is 19.2. The van der Waals surface area contributed by atoms with Crippen LogP contribution in [0.3, 0.4) is 0 Å². The molecule has 0 bridgehead atoms. The fourth-order valence-electron chi connectivity index (χ4n) is 2.72. The molecule has 4 heteroatoms. The second kappa shape index (κ2) is 4.33. The molecular formula is C13H16F3N. The highest BCUT2D eigenvalue weighted by Gasteiger charge is 2.38. The van der Waals surface area contributed by atoms with Crippen molar-refractivity contribution in [2.24, 2.45) is 0 Å². The van der Waals surface area contributed by atoms with Crippen molar-refractivity contribution in [1.29, 1.82) is 0 Å². The fraction of sp³-hybridized carbons (Fsp3) is 0.538. The van der Waals surface area contributed by atoms with Crippen molar-refractivity contribution in [1.82, 2.24) is 5.32 Å². The average Bonchev–Trinajstić information content (AvgIpc) is 2.69. The molecule has 0 aliphatic heterocycles. The van der Waals surface area contributed by atoms with Gasteiger partial charge in [-0.05, 0) is 43.4 Å². The summed E-state index contributed by atoms with van der Waals surface area (Å²) in [6.07, 6.45) is 2.44. The fourth-order valence-corrected chi connectivity index (χ4v) is 2.72. The van der Waals surface area contributed by atoms with Gasteiger partial charge in [-0.25, -0.2) is 13.2 Å². The van der Waals surface area contributed by atoms with Gasteiger partial charge in [0.1, 0.15) is 0 Å². The van der Waals surface area contributed by atoms with Crippen LogP contribution >= 0.6 is 0 Å². The molecule has 1 N–H and O–H groups in total. The van der Waals surface area contributed by atoms with Gasteiger partial charge in [0.05, 0.1) is 0 Å². The lowest BCUT2D eigenvalue weighted by Crippen LogP contribution is -2.26. The first kappa shape index (κ1) is 12.4. The van der Waals surface area contributed by atoms with Crippen LogP contribution in [-0.4, -0.2) is 13.1 Å². The zero-order valence-corrected chi connectivity index (χ0v) is 9.99. The number of halogens is 3. The zero-order valence-electron chi connectivity index (χ0n) is 9.99. The summed E-state index contributed by atoms with van der Waals surface area (Å²) in [5, 5.41) is 3.14. The second-order valence-electron chi connectivity index (χ2n) is 5.01. The van der Waals surface area contributed by atoms with E-state index in [0.717, 1.165) is 25.3 Å². The Morgan fingerprint density at radius 3 is 2.53 bits per heavy atom. The van der Waals surface area contributed by atoms with Crippen molar-refractivity contribution in [2.45, 2.75) is 37.6 Å². The number of hydrogen-bond donors (Lipinski definition) is 1. The molecule has 0 spiro atoms. The van der Waals surface area contributed by atoms with E-state index >= 15 is 0 Å². The summed E-state index contributed by atoms with van der Waals surface area (Å²) < 4.78 is 39.9. The van der Waals surface area contributed by atoms with Crippen LogP contribution < -0.4 is 5.32 Å². The summed E-state index contributed by atoms with van der Waals surface area (Å²) in [5.41, 5.74) is -0.124. The van der Waals surface area contributed by atoms with Crippen LogP contribution in [0.1, 0.15) is 31.7 Å². The van der Waals surface area contributed by atoms with Crippen LogP contribution in [0.5, 0.6) is 0 Å². The molecule has 1 aliphatic rings. The van der Waals surface area contributed by atoms with Gasteiger partial charge in [-0.15, -0.1) is 0 Å². The van der Waals surface area contributed by atoms with Crippen LogP contribution in [0.2, 0.25) is 0 Å². The van der Waals surface area contributed by atoms with Gasteiger partial charge in [-0.3, -0.25) is 0 Å². The SMILES string of the molecule is CNC1CCC(C)(c2ccc(F)c(F)c2F)C1. The van der Waals surface area contributed by atoms with E-state index in [0.29, 0.717) is 6.04 Å². The minimum absolute atomic E-state index is 0.286. The van der Waals surface area contributed by atoms with Crippen molar-refractivity contribution < 1.29 is 13.2 Å². The van der Waals surface area contributed by atoms with Gasteiger partial charge in [-0.1, -0.05) is 13.0 Å². The van der Waals surface area contributed by atoms with E-state index in [4.69, 9.17) is 0 Å². The van der Waals surface area contributed by atoms with Gasteiger partial charge in [0.15, 0.2) is 17.5 Å². The van der Waals surface area contributed by atoms with Crippen LogP contribution in [-0.2, 0) is 5.41 Å². The van der Waals surface area contributed by atoms with Crippen molar-refractivity contribution in [3.05, 3.63) is 35.1 Å². The minimum atomic E-state index is -1.36. The predicted octanol–water partition coefficient (Wildman–Crippen LogP) is 3.13. The topological polar surface area (TPSA) is 12.0 Å². The number of hydrogen-bond acceptors (Lipinski definition) is 1. The molecule has 2 rings (SSSR count). The summed E-state index contributed by atoms with van der Waals surface area (Å²) in [6.45, 7) is 1.90. The molecule has 0 aromatic heterocycles. The lowest BCUT2D eigenvalue weighted by molar-refractivity contribution is 0.399. The van der Waals surface area contributed by atoms with Gasteiger partial charge >= 0.3 is 0 Å².